The van der Waals surface area contributed by atoms with Gasteiger partial charge in [-0.05, 0) is 30.2 Å². The molecule has 0 aliphatic heterocycles. The number of nitrogens with zero attached hydrogens (tertiary/aromatic N) is 4. The maximum Gasteiger partial charge on any atom is 0.243 e. The van der Waals surface area contributed by atoms with E-state index in [9.17, 15) is 0 Å². The summed E-state index contributed by atoms with van der Waals surface area (Å²) >= 11 is 1.74. The smallest absolute Gasteiger partial charge is 0.240 e. The lowest BCUT2D eigenvalue weighted by molar-refractivity contribution is 0.314. The fourth-order valence-electron chi connectivity index (χ4n) is 1.61. The molecule has 80 valence electrons. The number of hydrogen-bond acceptors (Lipinski definition) is 6. The van der Waals surface area contributed by atoms with Crippen molar-refractivity contribution in [3.63, 3.8) is 0 Å². The van der Waals surface area contributed by atoms with Crippen LogP contribution in [0, 0.1) is 13.8 Å². The van der Waals surface area contributed by atoms with Crippen LogP contribution >= 0.6 is 11.3 Å². The number of fused-ring (bicyclic) bond motifs is 1. The molecule has 0 spiro atoms. The molecule has 3 rings (SSSR count). The minimum atomic E-state index is 0.438. The Bertz CT molecular complexity index is 658. The Morgan fingerprint density at radius 3 is 2.75 bits per heavy atom. The molecule has 0 saturated heterocycles. The Kier molecular flexibility index (Phi) is 1.97. The third-order valence-electron chi connectivity index (χ3n) is 2.31. The van der Waals surface area contributed by atoms with Crippen LogP contribution in [0.25, 0.3) is 22.6 Å². The van der Waals surface area contributed by atoms with Gasteiger partial charge in [-0.3, -0.25) is 0 Å². The first-order valence-corrected chi connectivity index (χ1v) is 5.58. The summed E-state index contributed by atoms with van der Waals surface area (Å²) in [6, 6.07) is 2.10. The summed E-state index contributed by atoms with van der Waals surface area (Å²) in [6.07, 6.45) is 1.70. The molecule has 0 radical (unpaired) electrons. The molecule has 0 aromatic carbocycles. The summed E-state index contributed by atoms with van der Waals surface area (Å²) in [7, 11) is 0. The van der Waals surface area contributed by atoms with Gasteiger partial charge in [-0.2, -0.15) is 0 Å². The molecule has 16 heavy (non-hydrogen) atoms. The van der Waals surface area contributed by atoms with E-state index < -0.39 is 0 Å². The molecule has 0 amide bonds. The van der Waals surface area contributed by atoms with Crippen LogP contribution in [0.2, 0.25) is 0 Å². The summed E-state index contributed by atoms with van der Waals surface area (Å²) in [5.41, 5.74) is 2.79. The molecule has 6 heteroatoms. The molecule has 0 aliphatic carbocycles. The van der Waals surface area contributed by atoms with Crippen molar-refractivity contribution in [3.8, 4) is 11.3 Å². The van der Waals surface area contributed by atoms with Crippen molar-refractivity contribution in [1.82, 2.24) is 20.3 Å². The van der Waals surface area contributed by atoms with Crippen LogP contribution < -0.4 is 0 Å². The average molecular weight is 232 g/mol. The van der Waals surface area contributed by atoms with Crippen LogP contribution in [0.4, 0.5) is 0 Å². The van der Waals surface area contributed by atoms with Crippen molar-refractivity contribution in [3.05, 3.63) is 22.0 Å². The van der Waals surface area contributed by atoms with E-state index in [1.165, 1.54) is 9.75 Å². The number of rotatable bonds is 1. The van der Waals surface area contributed by atoms with Gasteiger partial charge in [0.05, 0.1) is 11.9 Å². The summed E-state index contributed by atoms with van der Waals surface area (Å²) in [4.78, 5) is 11.0. The molecule has 3 aromatic heterocycles. The van der Waals surface area contributed by atoms with E-state index in [0.29, 0.717) is 11.3 Å². The highest BCUT2D eigenvalue weighted by Crippen LogP contribution is 2.29. The predicted molar refractivity (Wildman–Crippen MR) is 60.2 cm³/mol. The zero-order valence-corrected chi connectivity index (χ0v) is 9.58. The van der Waals surface area contributed by atoms with Crippen molar-refractivity contribution in [2.24, 2.45) is 0 Å². The molecule has 3 heterocycles. The topological polar surface area (TPSA) is 64.7 Å². The molecule has 0 unspecified atom stereocenters. The molecule has 3 aromatic rings. The molecule has 0 saturated carbocycles. The predicted octanol–water partition coefficient (Wildman–Crippen LogP) is 2.36. The van der Waals surface area contributed by atoms with Gasteiger partial charge in [-0.15, -0.1) is 11.3 Å². The molecule has 0 fully saturated rings. The minimum absolute atomic E-state index is 0.438. The number of hydrogen-bond donors (Lipinski definition) is 0. The van der Waals surface area contributed by atoms with Gasteiger partial charge in [0.15, 0.2) is 0 Å². The van der Waals surface area contributed by atoms with Crippen molar-refractivity contribution in [2.75, 3.05) is 0 Å². The number of aryl methyl sites for hydroxylation is 2. The Morgan fingerprint density at radius 2 is 2.00 bits per heavy atom. The first kappa shape index (κ1) is 9.41. The normalized spacial score (nSPS) is 11.1. The van der Waals surface area contributed by atoms with Gasteiger partial charge in [0.2, 0.25) is 11.3 Å². The van der Waals surface area contributed by atoms with Gasteiger partial charge in [0.1, 0.15) is 0 Å². The Balaban J connectivity index is 2.21. The van der Waals surface area contributed by atoms with Crippen molar-refractivity contribution in [1.29, 1.82) is 0 Å². The van der Waals surface area contributed by atoms with Crippen LogP contribution in [0.3, 0.4) is 0 Å². The molecule has 0 N–H and O–H groups in total. The lowest BCUT2D eigenvalue weighted by atomic mass is 10.2. The van der Waals surface area contributed by atoms with Crippen LogP contribution in [-0.2, 0) is 0 Å². The van der Waals surface area contributed by atoms with Gasteiger partial charge < -0.3 is 0 Å². The molecular weight excluding hydrogens is 224 g/mol. The first-order valence-electron chi connectivity index (χ1n) is 4.77. The zero-order chi connectivity index (χ0) is 11.1. The summed E-state index contributed by atoms with van der Waals surface area (Å²) in [5, 5.41) is 7.31. The Labute approximate surface area is 95.1 Å². The highest BCUT2D eigenvalue weighted by atomic mass is 32.1. The second kappa shape index (κ2) is 3.34. The van der Waals surface area contributed by atoms with Crippen LogP contribution in [-0.4, -0.2) is 20.3 Å². The number of aromatic nitrogens is 4. The molecular formula is C10H8N4OS. The van der Waals surface area contributed by atoms with E-state index in [1.807, 2.05) is 0 Å². The molecule has 0 atom stereocenters. The van der Waals surface area contributed by atoms with E-state index in [4.69, 9.17) is 0 Å². The Hall–Kier alpha value is -1.82. The van der Waals surface area contributed by atoms with E-state index in [2.05, 4.69) is 44.8 Å². The van der Waals surface area contributed by atoms with Gasteiger partial charge in [-0.25, -0.2) is 14.6 Å². The third-order valence-corrected chi connectivity index (χ3v) is 3.27. The fraction of sp³-hybridized carbons (Fsp3) is 0.200. The van der Waals surface area contributed by atoms with Gasteiger partial charge in [0.25, 0.3) is 0 Å². The molecule has 0 bridgehead atoms. The van der Waals surface area contributed by atoms with Gasteiger partial charge in [-0.1, -0.05) is 0 Å². The molecule has 5 nitrogen and oxygen atoms in total. The second-order valence-electron chi connectivity index (χ2n) is 3.49. The fourth-order valence-corrected chi connectivity index (χ4v) is 2.54. The third kappa shape index (κ3) is 1.38. The highest BCUT2D eigenvalue weighted by molar-refractivity contribution is 7.12. The minimum Gasteiger partial charge on any atom is -0.240 e. The quantitative estimate of drug-likeness (QED) is 0.644. The Morgan fingerprint density at radius 1 is 1.19 bits per heavy atom. The number of thiophene rings is 1. The van der Waals surface area contributed by atoms with E-state index in [-0.39, 0.29) is 0 Å². The van der Waals surface area contributed by atoms with E-state index in [0.717, 1.165) is 11.3 Å². The SMILES string of the molecule is Cc1cc(-c2cnc3nonc3n2)c(C)s1. The first-order chi connectivity index (χ1) is 7.74. The standard InChI is InChI=1S/C10H8N4OS/c1-5-3-7(6(2)16-5)8-4-11-9-10(12-8)14-15-13-9/h3-4H,1-2H3. The summed E-state index contributed by atoms with van der Waals surface area (Å²) in [6.45, 7) is 4.14. The second-order valence-corrected chi connectivity index (χ2v) is 4.95. The largest absolute Gasteiger partial charge is 0.243 e. The average Bonchev–Trinajstić information content (AvgIpc) is 2.83. The van der Waals surface area contributed by atoms with Gasteiger partial charge >= 0.3 is 0 Å². The van der Waals surface area contributed by atoms with Gasteiger partial charge in [0, 0.05) is 15.3 Å². The lowest BCUT2D eigenvalue weighted by Crippen LogP contribution is -1.87. The van der Waals surface area contributed by atoms with Crippen LogP contribution in [0.15, 0.2) is 16.9 Å². The van der Waals surface area contributed by atoms with E-state index >= 15 is 0 Å². The van der Waals surface area contributed by atoms with Crippen LogP contribution in [0.5, 0.6) is 0 Å². The zero-order valence-electron chi connectivity index (χ0n) is 8.76. The van der Waals surface area contributed by atoms with Crippen molar-refractivity contribution >= 4 is 22.6 Å². The highest BCUT2D eigenvalue weighted by Gasteiger charge is 2.10. The maximum atomic E-state index is 4.57. The van der Waals surface area contributed by atoms with Crippen LogP contribution in [0.1, 0.15) is 9.75 Å². The van der Waals surface area contributed by atoms with E-state index in [1.54, 1.807) is 17.5 Å². The summed E-state index contributed by atoms with van der Waals surface area (Å²) < 4.78 is 4.57. The van der Waals surface area contributed by atoms with Crippen molar-refractivity contribution < 1.29 is 4.63 Å². The summed E-state index contributed by atoms with van der Waals surface area (Å²) in [5.74, 6) is 0. The monoisotopic (exact) mass is 232 g/mol. The van der Waals surface area contributed by atoms with Crippen molar-refractivity contribution in [2.45, 2.75) is 13.8 Å². The lowest BCUT2D eigenvalue weighted by Gasteiger charge is -1.96. The molecule has 0 aliphatic rings. The maximum absolute atomic E-state index is 4.57.